The summed E-state index contributed by atoms with van der Waals surface area (Å²) >= 11 is 0. The summed E-state index contributed by atoms with van der Waals surface area (Å²) in [6.45, 7) is 1.57. The van der Waals surface area contributed by atoms with Crippen molar-refractivity contribution in [2.75, 3.05) is 0 Å². The summed E-state index contributed by atoms with van der Waals surface area (Å²) in [5.74, 6) is 0. The first-order chi connectivity index (χ1) is 6.70. The van der Waals surface area contributed by atoms with E-state index in [0.29, 0.717) is 6.04 Å². The maximum absolute atomic E-state index is 12.3. The molecular weight excluding hydrogens is 184 g/mol. The SMILES string of the molecule is CC(NC1CCCCCCC1)C(F)F. The molecule has 0 bridgehead atoms. The molecule has 0 spiro atoms. The molecule has 1 N–H and O–H groups in total. The summed E-state index contributed by atoms with van der Waals surface area (Å²) in [6.07, 6.45) is 6.12. The molecule has 1 unspecified atom stereocenters. The van der Waals surface area contributed by atoms with E-state index in [4.69, 9.17) is 0 Å². The van der Waals surface area contributed by atoms with E-state index in [-0.39, 0.29) is 0 Å². The minimum absolute atomic E-state index is 0.319. The van der Waals surface area contributed by atoms with E-state index in [1.54, 1.807) is 6.92 Å². The van der Waals surface area contributed by atoms with Crippen LogP contribution in [-0.4, -0.2) is 18.5 Å². The van der Waals surface area contributed by atoms with E-state index >= 15 is 0 Å². The van der Waals surface area contributed by atoms with Crippen LogP contribution in [0.1, 0.15) is 51.9 Å². The third kappa shape index (κ3) is 4.36. The molecule has 0 aliphatic heterocycles. The van der Waals surface area contributed by atoms with Crippen molar-refractivity contribution in [3.8, 4) is 0 Å². The summed E-state index contributed by atoms with van der Waals surface area (Å²) in [7, 11) is 0. The molecule has 0 amide bonds. The van der Waals surface area contributed by atoms with Crippen LogP contribution in [0.15, 0.2) is 0 Å². The Bertz CT molecular complexity index is 142. The van der Waals surface area contributed by atoms with Crippen LogP contribution in [0.25, 0.3) is 0 Å². The highest BCUT2D eigenvalue weighted by molar-refractivity contribution is 4.74. The molecule has 1 aliphatic rings. The quantitative estimate of drug-likeness (QED) is 0.745. The summed E-state index contributed by atoms with van der Waals surface area (Å²) in [5, 5.41) is 3.04. The molecule has 0 aromatic carbocycles. The second-order valence-corrected chi connectivity index (χ2v) is 4.33. The van der Waals surface area contributed by atoms with Gasteiger partial charge in [0.2, 0.25) is 0 Å². The molecule has 0 saturated heterocycles. The smallest absolute Gasteiger partial charge is 0.253 e. The number of alkyl halides is 2. The highest BCUT2D eigenvalue weighted by Crippen LogP contribution is 2.18. The van der Waals surface area contributed by atoms with Crippen LogP contribution in [0, 0.1) is 0 Å². The van der Waals surface area contributed by atoms with E-state index in [1.807, 2.05) is 0 Å². The summed E-state index contributed by atoms with van der Waals surface area (Å²) < 4.78 is 24.6. The fourth-order valence-corrected chi connectivity index (χ4v) is 2.07. The number of halogens is 2. The Morgan fingerprint density at radius 1 is 1.00 bits per heavy atom. The normalized spacial score (nSPS) is 23.1. The average Bonchev–Trinajstić information content (AvgIpc) is 2.08. The fraction of sp³-hybridized carbons (Fsp3) is 1.00. The fourth-order valence-electron chi connectivity index (χ4n) is 2.07. The molecule has 0 radical (unpaired) electrons. The van der Waals surface area contributed by atoms with E-state index < -0.39 is 12.5 Å². The van der Waals surface area contributed by atoms with E-state index in [1.165, 1.54) is 32.1 Å². The molecule has 14 heavy (non-hydrogen) atoms. The van der Waals surface area contributed by atoms with Gasteiger partial charge in [-0.3, -0.25) is 0 Å². The van der Waals surface area contributed by atoms with E-state index in [9.17, 15) is 8.78 Å². The zero-order valence-corrected chi connectivity index (χ0v) is 8.94. The first kappa shape index (κ1) is 11.9. The van der Waals surface area contributed by atoms with Crippen LogP contribution in [0.3, 0.4) is 0 Å². The number of rotatable bonds is 3. The third-order valence-corrected chi connectivity index (χ3v) is 2.98. The maximum atomic E-state index is 12.3. The Labute approximate surface area is 85.3 Å². The number of hydrogen-bond donors (Lipinski definition) is 1. The standard InChI is InChI=1S/C11H21F2N/c1-9(11(12)13)14-10-7-5-3-2-4-6-8-10/h9-11,14H,2-8H2,1H3. The highest BCUT2D eigenvalue weighted by Gasteiger charge is 2.19. The topological polar surface area (TPSA) is 12.0 Å². The van der Waals surface area contributed by atoms with Crippen molar-refractivity contribution in [1.29, 1.82) is 0 Å². The van der Waals surface area contributed by atoms with Gasteiger partial charge in [0.1, 0.15) is 0 Å². The molecule has 0 aromatic rings. The molecule has 0 aromatic heterocycles. The summed E-state index contributed by atoms with van der Waals surface area (Å²) in [5.41, 5.74) is 0. The lowest BCUT2D eigenvalue weighted by Gasteiger charge is -2.24. The summed E-state index contributed by atoms with van der Waals surface area (Å²) in [6, 6.07) is -0.335. The predicted molar refractivity (Wildman–Crippen MR) is 54.7 cm³/mol. The summed E-state index contributed by atoms with van der Waals surface area (Å²) in [4.78, 5) is 0. The largest absolute Gasteiger partial charge is 0.306 e. The zero-order chi connectivity index (χ0) is 10.4. The molecule has 1 saturated carbocycles. The van der Waals surface area contributed by atoms with Crippen molar-refractivity contribution >= 4 is 0 Å². The molecule has 1 atom stereocenters. The molecule has 1 nitrogen and oxygen atoms in total. The van der Waals surface area contributed by atoms with E-state index in [2.05, 4.69) is 5.32 Å². The molecule has 1 rings (SSSR count). The first-order valence-corrected chi connectivity index (χ1v) is 5.74. The second kappa shape index (κ2) is 6.33. The molecule has 0 heterocycles. The number of hydrogen-bond acceptors (Lipinski definition) is 1. The predicted octanol–water partition coefficient (Wildman–Crippen LogP) is 3.34. The van der Waals surface area contributed by atoms with Gasteiger partial charge in [-0.1, -0.05) is 32.1 Å². The Balaban J connectivity index is 2.26. The van der Waals surface area contributed by atoms with Crippen LogP contribution in [-0.2, 0) is 0 Å². The van der Waals surface area contributed by atoms with Crippen molar-refractivity contribution in [2.24, 2.45) is 0 Å². The monoisotopic (exact) mass is 205 g/mol. The second-order valence-electron chi connectivity index (χ2n) is 4.33. The van der Waals surface area contributed by atoms with Gasteiger partial charge in [0.15, 0.2) is 0 Å². The number of nitrogens with one attached hydrogen (secondary N) is 1. The third-order valence-electron chi connectivity index (χ3n) is 2.98. The minimum Gasteiger partial charge on any atom is -0.306 e. The van der Waals surface area contributed by atoms with Gasteiger partial charge in [-0.05, 0) is 19.8 Å². The van der Waals surface area contributed by atoms with Gasteiger partial charge in [0.05, 0.1) is 6.04 Å². The van der Waals surface area contributed by atoms with Gasteiger partial charge in [0, 0.05) is 6.04 Å². The zero-order valence-electron chi connectivity index (χ0n) is 8.94. The minimum atomic E-state index is -2.24. The maximum Gasteiger partial charge on any atom is 0.253 e. The van der Waals surface area contributed by atoms with E-state index in [0.717, 1.165) is 12.8 Å². The van der Waals surface area contributed by atoms with Gasteiger partial charge >= 0.3 is 0 Å². The lowest BCUT2D eigenvalue weighted by atomic mass is 9.96. The average molecular weight is 205 g/mol. The Morgan fingerprint density at radius 3 is 2.00 bits per heavy atom. The Kier molecular flexibility index (Phi) is 5.38. The lowest BCUT2D eigenvalue weighted by Crippen LogP contribution is -2.40. The van der Waals surface area contributed by atoms with Gasteiger partial charge < -0.3 is 5.32 Å². The Morgan fingerprint density at radius 2 is 1.50 bits per heavy atom. The molecule has 1 aliphatic carbocycles. The molecular formula is C11H21F2N. The van der Waals surface area contributed by atoms with Crippen LogP contribution in [0.4, 0.5) is 8.78 Å². The van der Waals surface area contributed by atoms with Gasteiger partial charge in [-0.25, -0.2) is 8.78 Å². The van der Waals surface area contributed by atoms with Crippen molar-refractivity contribution < 1.29 is 8.78 Å². The van der Waals surface area contributed by atoms with Crippen LogP contribution >= 0.6 is 0 Å². The highest BCUT2D eigenvalue weighted by atomic mass is 19.3. The van der Waals surface area contributed by atoms with Crippen molar-refractivity contribution in [2.45, 2.75) is 70.4 Å². The van der Waals surface area contributed by atoms with Crippen LogP contribution in [0.5, 0.6) is 0 Å². The van der Waals surface area contributed by atoms with Crippen molar-refractivity contribution in [1.82, 2.24) is 5.32 Å². The lowest BCUT2D eigenvalue weighted by molar-refractivity contribution is 0.0974. The molecule has 84 valence electrons. The van der Waals surface area contributed by atoms with Crippen molar-refractivity contribution in [3.63, 3.8) is 0 Å². The molecule has 1 fully saturated rings. The Hall–Kier alpha value is -0.180. The van der Waals surface area contributed by atoms with Crippen LogP contribution < -0.4 is 5.32 Å². The first-order valence-electron chi connectivity index (χ1n) is 5.74. The van der Waals surface area contributed by atoms with Gasteiger partial charge in [-0.15, -0.1) is 0 Å². The van der Waals surface area contributed by atoms with Crippen molar-refractivity contribution in [3.05, 3.63) is 0 Å². The van der Waals surface area contributed by atoms with Crippen LogP contribution in [0.2, 0.25) is 0 Å². The van der Waals surface area contributed by atoms with Gasteiger partial charge in [0.25, 0.3) is 6.43 Å². The molecule has 3 heteroatoms. The van der Waals surface area contributed by atoms with Gasteiger partial charge in [-0.2, -0.15) is 0 Å².